The monoisotopic (exact) mass is 302 g/mol. The summed E-state index contributed by atoms with van der Waals surface area (Å²) in [4.78, 5) is 0.0781. The molecule has 0 radical (unpaired) electrons. The minimum Gasteiger partial charge on any atom is -0.495 e. The molecule has 21 heavy (non-hydrogen) atoms. The Balaban J connectivity index is 2.38. The van der Waals surface area contributed by atoms with E-state index in [0.717, 1.165) is 5.56 Å². The fourth-order valence-electron chi connectivity index (χ4n) is 1.82. The van der Waals surface area contributed by atoms with E-state index < -0.39 is 10.0 Å². The number of sulfonamides is 1. The quantitative estimate of drug-likeness (QED) is 0.941. The number of methoxy groups -OCH3 is 1. The molecule has 0 amide bonds. The van der Waals surface area contributed by atoms with Gasteiger partial charge in [0.25, 0.3) is 10.0 Å². The molecule has 0 aliphatic carbocycles. The first kappa shape index (κ1) is 14.9. The molecule has 0 spiro atoms. The first-order chi connectivity index (χ1) is 9.96. The average Bonchev–Trinajstić information content (AvgIpc) is 2.47. The number of benzene rings is 2. The van der Waals surface area contributed by atoms with Crippen molar-refractivity contribution in [2.45, 2.75) is 11.8 Å². The summed E-state index contributed by atoms with van der Waals surface area (Å²) < 4.78 is 32.4. The Labute approximate surface area is 123 Å². The van der Waals surface area contributed by atoms with Crippen molar-refractivity contribution < 1.29 is 13.2 Å². The van der Waals surface area contributed by atoms with Gasteiger partial charge < -0.3 is 4.74 Å². The molecule has 0 aliphatic heterocycles. The Kier molecular flexibility index (Phi) is 4.15. The fraction of sp³-hybridized carbons (Fsp3) is 0.133. The summed E-state index contributed by atoms with van der Waals surface area (Å²) in [5, 5.41) is 8.73. The topological polar surface area (TPSA) is 79.2 Å². The van der Waals surface area contributed by atoms with Crippen LogP contribution in [0.1, 0.15) is 11.1 Å². The van der Waals surface area contributed by atoms with Gasteiger partial charge in [0.15, 0.2) is 0 Å². The van der Waals surface area contributed by atoms with Crippen LogP contribution in [0.2, 0.25) is 0 Å². The van der Waals surface area contributed by atoms with Crippen LogP contribution >= 0.6 is 0 Å². The Hall–Kier alpha value is -2.52. The molecule has 0 heterocycles. The van der Waals surface area contributed by atoms with Gasteiger partial charge in [-0.2, -0.15) is 5.26 Å². The number of hydrogen-bond donors (Lipinski definition) is 1. The zero-order valence-electron chi connectivity index (χ0n) is 11.6. The van der Waals surface area contributed by atoms with Crippen molar-refractivity contribution in [2.75, 3.05) is 11.8 Å². The van der Waals surface area contributed by atoms with Crippen LogP contribution in [0, 0.1) is 18.3 Å². The van der Waals surface area contributed by atoms with Crippen molar-refractivity contribution in [3.8, 4) is 11.8 Å². The summed E-state index contributed by atoms with van der Waals surface area (Å²) in [6, 6.07) is 13.1. The normalized spacial score (nSPS) is 10.7. The van der Waals surface area contributed by atoms with E-state index in [1.54, 1.807) is 49.4 Å². The summed E-state index contributed by atoms with van der Waals surface area (Å²) in [5.41, 5.74) is 1.67. The molecule has 2 aromatic rings. The van der Waals surface area contributed by atoms with Crippen molar-refractivity contribution in [3.05, 3.63) is 53.6 Å². The summed E-state index contributed by atoms with van der Waals surface area (Å²) in [6.45, 7) is 1.81. The van der Waals surface area contributed by atoms with Gasteiger partial charge in [0.2, 0.25) is 0 Å². The lowest BCUT2D eigenvalue weighted by Gasteiger charge is -2.12. The van der Waals surface area contributed by atoms with E-state index in [-0.39, 0.29) is 10.6 Å². The maximum absolute atomic E-state index is 12.4. The molecule has 0 bridgehead atoms. The van der Waals surface area contributed by atoms with Gasteiger partial charge in [-0.05, 0) is 48.9 Å². The second kappa shape index (κ2) is 5.85. The van der Waals surface area contributed by atoms with Crippen LogP contribution in [0.5, 0.6) is 5.75 Å². The first-order valence-corrected chi connectivity index (χ1v) is 7.62. The van der Waals surface area contributed by atoms with E-state index >= 15 is 0 Å². The number of nitrogens with zero attached hydrogens (tertiary/aromatic N) is 1. The molecule has 5 nitrogen and oxygen atoms in total. The van der Waals surface area contributed by atoms with Gasteiger partial charge >= 0.3 is 0 Å². The minimum absolute atomic E-state index is 0.0781. The summed E-state index contributed by atoms with van der Waals surface area (Å²) in [7, 11) is -2.33. The Morgan fingerprint density at radius 2 is 1.81 bits per heavy atom. The third-order valence-electron chi connectivity index (χ3n) is 2.87. The molecule has 0 saturated heterocycles. The molecule has 1 N–H and O–H groups in total. The highest BCUT2D eigenvalue weighted by atomic mass is 32.2. The van der Waals surface area contributed by atoms with Crippen LogP contribution in [-0.4, -0.2) is 15.5 Å². The molecule has 0 aromatic heterocycles. The molecule has 0 aliphatic rings. The van der Waals surface area contributed by atoms with E-state index in [2.05, 4.69) is 4.72 Å². The smallest absolute Gasteiger partial charge is 0.265 e. The predicted octanol–water partition coefficient (Wildman–Crippen LogP) is 2.68. The van der Waals surface area contributed by atoms with E-state index in [9.17, 15) is 8.42 Å². The molecule has 0 fully saturated rings. The van der Waals surface area contributed by atoms with Gasteiger partial charge in [0.1, 0.15) is 10.6 Å². The summed E-state index contributed by atoms with van der Waals surface area (Å²) in [5.74, 6) is 0.279. The zero-order chi connectivity index (χ0) is 15.5. The van der Waals surface area contributed by atoms with Gasteiger partial charge in [-0.15, -0.1) is 0 Å². The second-order valence-corrected chi connectivity index (χ2v) is 6.10. The highest BCUT2D eigenvalue weighted by Gasteiger charge is 2.19. The number of aryl methyl sites for hydroxylation is 1. The van der Waals surface area contributed by atoms with Crippen LogP contribution in [-0.2, 0) is 10.0 Å². The number of ether oxygens (including phenoxy) is 1. The van der Waals surface area contributed by atoms with Crippen LogP contribution in [0.3, 0.4) is 0 Å². The zero-order valence-corrected chi connectivity index (χ0v) is 12.4. The van der Waals surface area contributed by atoms with Crippen LogP contribution in [0.25, 0.3) is 0 Å². The lowest BCUT2D eigenvalue weighted by Crippen LogP contribution is -2.14. The van der Waals surface area contributed by atoms with Crippen LogP contribution in [0.4, 0.5) is 5.69 Å². The predicted molar refractivity (Wildman–Crippen MR) is 79.7 cm³/mol. The maximum atomic E-state index is 12.4. The largest absolute Gasteiger partial charge is 0.495 e. The van der Waals surface area contributed by atoms with Crippen molar-refractivity contribution in [2.24, 2.45) is 0 Å². The lowest BCUT2D eigenvalue weighted by molar-refractivity contribution is 0.402. The highest BCUT2D eigenvalue weighted by Crippen LogP contribution is 2.26. The molecule has 108 valence electrons. The Bertz CT molecular complexity index is 791. The van der Waals surface area contributed by atoms with Gasteiger partial charge in [0.05, 0.1) is 18.7 Å². The number of hydrogen-bond acceptors (Lipinski definition) is 4. The molecular formula is C15H14N2O3S. The van der Waals surface area contributed by atoms with Crippen molar-refractivity contribution in [1.82, 2.24) is 0 Å². The fourth-order valence-corrected chi connectivity index (χ4v) is 3.13. The number of anilines is 1. The second-order valence-electron chi connectivity index (χ2n) is 4.45. The summed E-state index contributed by atoms with van der Waals surface area (Å²) >= 11 is 0. The SMILES string of the molecule is COc1ccc(C)cc1S(=O)(=O)Nc1ccc(C#N)cc1. The first-order valence-electron chi connectivity index (χ1n) is 6.14. The van der Waals surface area contributed by atoms with E-state index in [1.165, 1.54) is 7.11 Å². The van der Waals surface area contributed by atoms with Gasteiger partial charge in [-0.1, -0.05) is 6.07 Å². The molecule has 0 saturated carbocycles. The van der Waals surface area contributed by atoms with E-state index in [4.69, 9.17) is 10.00 Å². The van der Waals surface area contributed by atoms with E-state index in [1.807, 2.05) is 6.07 Å². The molecule has 0 atom stereocenters. The average molecular weight is 302 g/mol. The highest BCUT2D eigenvalue weighted by molar-refractivity contribution is 7.92. The van der Waals surface area contributed by atoms with Crippen molar-refractivity contribution in [3.63, 3.8) is 0 Å². The van der Waals surface area contributed by atoms with Crippen LogP contribution < -0.4 is 9.46 Å². The maximum Gasteiger partial charge on any atom is 0.265 e. The molecular weight excluding hydrogens is 288 g/mol. The van der Waals surface area contributed by atoms with Gasteiger partial charge in [-0.25, -0.2) is 8.42 Å². The molecule has 0 unspecified atom stereocenters. The standard InChI is InChI=1S/C15H14N2O3S/c1-11-3-8-14(20-2)15(9-11)21(18,19)17-13-6-4-12(10-16)5-7-13/h3-9,17H,1-2H3. The molecule has 2 aromatic carbocycles. The molecule has 2 rings (SSSR count). The molecule has 6 heteroatoms. The number of nitriles is 1. The van der Waals surface area contributed by atoms with Crippen molar-refractivity contribution >= 4 is 15.7 Å². The third-order valence-corrected chi connectivity index (χ3v) is 4.28. The van der Waals surface area contributed by atoms with Gasteiger partial charge in [-0.3, -0.25) is 4.72 Å². The van der Waals surface area contributed by atoms with Crippen molar-refractivity contribution in [1.29, 1.82) is 5.26 Å². The summed E-state index contributed by atoms with van der Waals surface area (Å²) in [6.07, 6.45) is 0. The number of nitrogens with one attached hydrogen (secondary N) is 1. The number of rotatable bonds is 4. The minimum atomic E-state index is -3.76. The lowest BCUT2D eigenvalue weighted by atomic mass is 10.2. The van der Waals surface area contributed by atoms with Gasteiger partial charge in [0, 0.05) is 5.69 Å². The Morgan fingerprint density at radius 3 is 2.38 bits per heavy atom. The van der Waals surface area contributed by atoms with E-state index in [0.29, 0.717) is 11.3 Å². The Morgan fingerprint density at radius 1 is 1.14 bits per heavy atom. The van der Waals surface area contributed by atoms with Crippen LogP contribution in [0.15, 0.2) is 47.4 Å². The third kappa shape index (κ3) is 3.33.